The zero-order valence-corrected chi connectivity index (χ0v) is 16.1. The number of pyridine rings is 1. The van der Waals surface area contributed by atoms with E-state index in [0.29, 0.717) is 13.1 Å². The molecule has 0 bridgehead atoms. The molecule has 0 N–H and O–H groups in total. The van der Waals surface area contributed by atoms with Crippen LogP contribution in [0.4, 0.5) is 28.9 Å². The van der Waals surface area contributed by atoms with Gasteiger partial charge in [-0.15, -0.1) is 0 Å². The Morgan fingerprint density at radius 1 is 1.11 bits per heavy atom. The van der Waals surface area contributed by atoms with E-state index in [1.807, 2.05) is 18.9 Å². The standard InChI is InChI=1S/C19H22F4N4O/c1-9-6-26-11(7-24(9)3)8-27(19(22)23)17-16(26)12-5-13(20)10(2)14(21)15(12)25(4)18(17)28/h5,9,11,19H,6-8H2,1-4H3. The molecule has 1 aromatic carbocycles. The first-order valence-electron chi connectivity index (χ1n) is 9.16. The third kappa shape index (κ3) is 2.52. The van der Waals surface area contributed by atoms with E-state index in [4.69, 9.17) is 0 Å². The highest BCUT2D eigenvalue weighted by molar-refractivity contribution is 6.00. The normalized spacial score (nSPS) is 22.8. The molecule has 1 aromatic heterocycles. The van der Waals surface area contributed by atoms with Crippen LogP contribution < -0.4 is 15.4 Å². The summed E-state index contributed by atoms with van der Waals surface area (Å²) in [6, 6.07) is 0.938. The molecule has 0 spiro atoms. The van der Waals surface area contributed by atoms with Crippen molar-refractivity contribution >= 4 is 22.3 Å². The zero-order valence-electron chi connectivity index (χ0n) is 16.1. The molecule has 9 heteroatoms. The molecule has 2 unspecified atom stereocenters. The first kappa shape index (κ1) is 19.0. The molecule has 0 amide bonds. The van der Waals surface area contributed by atoms with E-state index >= 15 is 0 Å². The van der Waals surface area contributed by atoms with E-state index in [1.165, 1.54) is 14.0 Å². The molecule has 0 radical (unpaired) electrons. The van der Waals surface area contributed by atoms with Gasteiger partial charge in [0.05, 0.1) is 17.2 Å². The van der Waals surface area contributed by atoms with Crippen molar-refractivity contribution in [2.45, 2.75) is 32.5 Å². The van der Waals surface area contributed by atoms with Crippen LogP contribution in [0.3, 0.4) is 0 Å². The highest BCUT2D eigenvalue weighted by Gasteiger charge is 2.42. The Kier molecular flexibility index (Phi) is 4.33. The van der Waals surface area contributed by atoms with Crippen molar-refractivity contribution in [2.75, 3.05) is 36.5 Å². The van der Waals surface area contributed by atoms with Crippen LogP contribution >= 0.6 is 0 Å². The minimum Gasteiger partial charge on any atom is -0.362 e. The third-order valence-electron chi connectivity index (χ3n) is 6.11. The smallest absolute Gasteiger partial charge is 0.315 e. The zero-order chi connectivity index (χ0) is 20.5. The molecule has 0 aliphatic carbocycles. The number of halogens is 4. The van der Waals surface area contributed by atoms with Gasteiger partial charge >= 0.3 is 6.55 Å². The lowest BCUT2D eigenvalue weighted by atomic mass is 9.98. The van der Waals surface area contributed by atoms with E-state index in [0.717, 1.165) is 15.5 Å². The third-order valence-corrected chi connectivity index (χ3v) is 6.11. The van der Waals surface area contributed by atoms with Gasteiger partial charge in [0.25, 0.3) is 5.56 Å². The molecule has 3 heterocycles. The lowest BCUT2D eigenvalue weighted by Crippen LogP contribution is -2.63. The summed E-state index contributed by atoms with van der Waals surface area (Å²) in [4.78, 5) is 17.7. The van der Waals surface area contributed by atoms with Gasteiger partial charge in [-0.25, -0.2) is 8.78 Å². The Hall–Kier alpha value is -2.29. The summed E-state index contributed by atoms with van der Waals surface area (Å²) < 4.78 is 58.0. The SMILES string of the molecule is Cc1c(F)cc2c3c(c(=O)n(C)c2c1F)N(C(F)F)CC1CN(C)C(C)CN31. The van der Waals surface area contributed by atoms with E-state index in [1.54, 1.807) is 0 Å². The molecule has 2 atom stereocenters. The van der Waals surface area contributed by atoms with Crippen LogP contribution in [0.1, 0.15) is 12.5 Å². The highest BCUT2D eigenvalue weighted by Crippen LogP contribution is 2.42. The molecule has 5 nitrogen and oxygen atoms in total. The summed E-state index contributed by atoms with van der Waals surface area (Å²) in [5, 5.41) is 0.143. The Morgan fingerprint density at radius 2 is 1.79 bits per heavy atom. The van der Waals surface area contributed by atoms with Crippen molar-refractivity contribution in [2.24, 2.45) is 7.05 Å². The van der Waals surface area contributed by atoms with E-state index in [-0.39, 0.29) is 46.5 Å². The fourth-order valence-electron chi connectivity index (χ4n) is 4.36. The maximum absolute atomic E-state index is 14.9. The number of rotatable bonds is 1. The minimum absolute atomic E-state index is 0.0285. The molecular formula is C19H22F4N4O. The molecule has 1 fully saturated rings. The van der Waals surface area contributed by atoms with E-state index in [9.17, 15) is 22.4 Å². The summed E-state index contributed by atoms with van der Waals surface area (Å²) in [6.45, 7) is 1.35. The number of fused-ring (bicyclic) bond motifs is 5. The quantitative estimate of drug-likeness (QED) is 0.546. The summed E-state index contributed by atoms with van der Waals surface area (Å²) in [6.07, 6.45) is 0. The molecule has 1 saturated heterocycles. The summed E-state index contributed by atoms with van der Waals surface area (Å²) in [7, 11) is 3.24. The van der Waals surface area contributed by atoms with Gasteiger partial charge in [0.2, 0.25) is 0 Å². The number of hydrogen-bond acceptors (Lipinski definition) is 4. The highest BCUT2D eigenvalue weighted by atomic mass is 19.3. The monoisotopic (exact) mass is 398 g/mol. The molecule has 152 valence electrons. The fourth-order valence-corrected chi connectivity index (χ4v) is 4.36. The van der Waals surface area contributed by atoms with Crippen molar-refractivity contribution in [1.82, 2.24) is 9.47 Å². The first-order valence-corrected chi connectivity index (χ1v) is 9.16. The maximum atomic E-state index is 14.9. The van der Waals surface area contributed by atoms with Gasteiger partial charge in [0.15, 0.2) is 5.82 Å². The van der Waals surface area contributed by atoms with Crippen LogP contribution in [0, 0.1) is 18.6 Å². The van der Waals surface area contributed by atoms with Gasteiger partial charge in [-0.1, -0.05) is 0 Å². The van der Waals surface area contributed by atoms with Gasteiger partial charge in [0, 0.05) is 43.7 Å². The fraction of sp³-hybridized carbons (Fsp3) is 0.526. The number of aromatic nitrogens is 1. The Bertz CT molecular complexity index is 1020. The lowest BCUT2D eigenvalue weighted by molar-refractivity contribution is 0.128. The lowest BCUT2D eigenvalue weighted by Gasteiger charge is -2.51. The number of anilines is 2. The average Bonchev–Trinajstić information content (AvgIpc) is 2.63. The van der Waals surface area contributed by atoms with Crippen LogP contribution in [0.2, 0.25) is 0 Å². The van der Waals surface area contributed by atoms with Crippen molar-refractivity contribution in [1.29, 1.82) is 0 Å². The van der Waals surface area contributed by atoms with E-state index in [2.05, 4.69) is 4.90 Å². The van der Waals surface area contributed by atoms with Crippen molar-refractivity contribution in [3.8, 4) is 0 Å². The number of benzene rings is 1. The van der Waals surface area contributed by atoms with Gasteiger partial charge in [-0.05, 0) is 27.0 Å². The molecule has 2 aromatic rings. The number of likely N-dealkylation sites (N-methyl/N-ethyl adjacent to an activating group) is 1. The largest absolute Gasteiger partial charge is 0.362 e. The van der Waals surface area contributed by atoms with Gasteiger partial charge in [0.1, 0.15) is 11.5 Å². The molecule has 28 heavy (non-hydrogen) atoms. The maximum Gasteiger partial charge on any atom is 0.315 e. The number of piperazine rings is 1. The van der Waals surface area contributed by atoms with E-state index < -0.39 is 23.7 Å². The van der Waals surface area contributed by atoms with Gasteiger partial charge in [-0.2, -0.15) is 8.78 Å². The average molecular weight is 398 g/mol. The Labute approximate surface area is 159 Å². The summed E-state index contributed by atoms with van der Waals surface area (Å²) >= 11 is 0. The number of nitrogens with zero attached hydrogens (tertiary/aromatic N) is 4. The van der Waals surface area contributed by atoms with Crippen LogP contribution in [0.5, 0.6) is 0 Å². The van der Waals surface area contributed by atoms with Gasteiger partial charge < -0.3 is 14.4 Å². The van der Waals surface area contributed by atoms with Crippen LogP contribution in [-0.2, 0) is 7.05 Å². The van der Waals surface area contributed by atoms with Crippen molar-refractivity contribution in [3.63, 3.8) is 0 Å². The topological polar surface area (TPSA) is 31.7 Å². The summed E-state index contributed by atoms with van der Waals surface area (Å²) in [5.74, 6) is -1.61. The predicted molar refractivity (Wildman–Crippen MR) is 100 cm³/mol. The second kappa shape index (κ2) is 6.37. The summed E-state index contributed by atoms with van der Waals surface area (Å²) in [5.41, 5.74) is -0.970. The second-order valence-corrected chi connectivity index (χ2v) is 7.78. The van der Waals surface area contributed by atoms with Crippen molar-refractivity contribution < 1.29 is 17.6 Å². The number of hydrogen-bond donors (Lipinski definition) is 0. The Morgan fingerprint density at radius 3 is 2.43 bits per heavy atom. The number of alkyl halides is 2. The van der Waals surface area contributed by atoms with Crippen LogP contribution in [0.15, 0.2) is 10.9 Å². The molecule has 2 aliphatic rings. The van der Waals surface area contributed by atoms with Crippen molar-refractivity contribution in [3.05, 3.63) is 33.6 Å². The molecule has 4 rings (SSSR count). The first-order chi connectivity index (χ1) is 13.1. The van der Waals surface area contributed by atoms with Crippen LogP contribution in [-0.4, -0.2) is 54.8 Å². The molecule has 2 aliphatic heterocycles. The second-order valence-electron chi connectivity index (χ2n) is 7.78. The minimum atomic E-state index is -2.89. The Balaban J connectivity index is 2.12. The van der Waals surface area contributed by atoms with Crippen LogP contribution in [0.25, 0.3) is 10.9 Å². The number of aryl methyl sites for hydroxylation is 1. The predicted octanol–water partition coefficient (Wildman–Crippen LogP) is 2.68. The molecular weight excluding hydrogens is 376 g/mol. The van der Waals surface area contributed by atoms with Gasteiger partial charge in [-0.3, -0.25) is 9.69 Å². The molecule has 0 saturated carbocycles.